The number of amides is 1. The summed E-state index contributed by atoms with van der Waals surface area (Å²) in [4.78, 5) is 13.7. The van der Waals surface area contributed by atoms with Crippen LogP contribution in [0.3, 0.4) is 0 Å². The lowest BCUT2D eigenvalue weighted by atomic mass is 10.0. The molecule has 0 atom stereocenters. The van der Waals surface area contributed by atoms with Crippen molar-refractivity contribution in [3.63, 3.8) is 0 Å². The number of piperidine rings is 1. The molecule has 2 N–H and O–H groups in total. The third-order valence-corrected chi connectivity index (χ3v) is 5.50. The zero-order valence-electron chi connectivity index (χ0n) is 16.2. The minimum Gasteiger partial charge on any atom is -0.349 e. The van der Waals surface area contributed by atoms with Crippen molar-refractivity contribution in [2.45, 2.75) is 58.2 Å². The molecule has 1 amide bonds. The third-order valence-electron chi connectivity index (χ3n) is 5.50. The molecule has 2 heterocycles. The van der Waals surface area contributed by atoms with E-state index in [0.717, 1.165) is 44.7 Å². The van der Waals surface area contributed by atoms with Gasteiger partial charge in [-0.2, -0.15) is 0 Å². The molecule has 1 saturated heterocycles. The van der Waals surface area contributed by atoms with Crippen LogP contribution in [0.4, 0.5) is 4.39 Å². The number of carbonyl (C=O) groups excluding carboxylic acids is 1. The standard InChI is InChI=1S/C19H27FN6O/c1-4-19(2,3)26-17(22-23-24-26)13-25-10-8-16(9-11-25)21-18(27)14-6-5-7-15(20)12-14/h5-7,12,16H,4,8-11,13H2,1-3H3,(H,21,27)/p+1. The van der Waals surface area contributed by atoms with Crippen LogP contribution in [0.15, 0.2) is 24.3 Å². The van der Waals surface area contributed by atoms with Gasteiger partial charge in [-0.25, -0.2) is 9.07 Å². The van der Waals surface area contributed by atoms with Gasteiger partial charge < -0.3 is 10.2 Å². The number of quaternary nitrogens is 1. The molecule has 0 radical (unpaired) electrons. The first kappa shape index (κ1) is 19.4. The van der Waals surface area contributed by atoms with Gasteiger partial charge in [-0.05, 0) is 48.9 Å². The molecular weight excluding hydrogens is 347 g/mol. The summed E-state index contributed by atoms with van der Waals surface area (Å²) in [5.41, 5.74) is 0.265. The van der Waals surface area contributed by atoms with E-state index in [1.165, 1.54) is 17.0 Å². The van der Waals surface area contributed by atoms with Crippen LogP contribution in [0, 0.1) is 5.82 Å². The van der Waals surface area contributed by atoms with E-state index in [2.05, 4.69) is 41.6 Å². The lowest BCUT2D eigenvalue weighted by molar-refractivity contribution is -0.919. The molecule has 3 rings (SSSR count). The van der Waals surface area contributed by atoms with Gasteiger partial charge in [0.2, 0.25) is 5.82 Å². The quantitative estimate of drug-likeness (QED) is 0.788. The van der Waals surface area contributed by atoms with Crippen LogP contribution in [0.1, 0.15) is 56.2 Å². The van der Waals surface area contributed by atoms with Gasteiger partial charge in [-0.3, -0.25) is 4.79 Å². The zero-order valence-corrected chi connectivity index (χ0v) is 16.2. The molecule has 2 aromatic rings. The molecule has 146 valence electrons. The van der Waals surface area contributed by atoms with E-state index >= 15 is 0 Å². The third kappa shape index (κ3) is 4.68. The van der Waals surface area contributed by atoms with Crippen molar-refractivity contribution >= 4 is 5.91 Å². The predicted octanol–water partition coefficient (Wildman–Crippen LogP) is 0.935. The Morgan fingerprint density at radius 1 is 1.37 bits per heavy atom. The smallest absolute Gasteiger partial charge is 0.251 e. The summed E-state index contributed by atoms with van der Waals surface area (Å²) in [5, 5.41) is 15.3. The minimum absolute atomic E-state index is 0.102. The maximum Gasteiger partial charge on any atom is 0.251 e. The first-order valence-corrected chi connectivity index (χ1v) is 9.57. The summed E-state index contributed by atoms with van der Waals surface area (Å²) in [6.07, 6.45) is 2.72. The lowest BCUT2D eigenvalue weighted by Crippen LogP contribution is -3.12. The van der Waals surface area contributed by atoms with Gasteiger partial charge in [0.05, 0.1) is 18.6 Å². The fraction of sp³-hybridized carbons (Fsp3) is 0.579. The second kappa shape index (κ2) is 8.12. The summed E-state index contributed by atoms with van der Waals surface area (Å²) in [6.45, 7) is 9.06. The van der Waals surface area contributed by atoms with Gasteiger partial charge in [0.1, 0.15) is 12.4 Å². The molecule has 0 unspecified atom stereocenters. The average molecular weight is 375 g/mol. The lowest BCUT2D eigenvalue weighted by Gasteiger charge is -2.30. The van der Waals surface area contributed by atoms with Crippen LogP contribution in [-0.2, 0) is 12.1 Å². The first-order valence-electron chi connectivity index (χ1n) is 9.57. The number of likely N-dealkylation sites (tertiary alicyclic amines) is 1. The Bertz CT molecular complexity index is 782. The number of carbonyl (C=O) groups is 1. The van der Waals surface area contributed by atoms with Gasteiger partial charge in [0.15, 0.2) is 0 Å². The van der Waals surface area contributed by atoms with Crippen molar-refractivity contribution in [3.05, 3.63) is 41.5 Å². The Morgan fingerprint density at radius 2 is 2.11 bits per heavy atom. The molecule has 7 nitrogen and oxygen atoms in total. The van der Waals surface area contributed by atoms with Crippen molar-refractivity contribution in [2.75, 3.05) is 13.1 Å². The van der Waals surface area contributed by atoms with Crippen LogP contribution >= 0.6 is 0 Å². The van der Waals surface area contributed by atoms with E-state index in [0.29, 0.717) is 5.56 Å². The second-order valence-electron chi connectivity index (χ2n) is 7.86. The maximum absolute atomic E-state index is 13.3. The second-order valence-corrected chi connectivity index (χ2v) is 7.86. The highest BCUT2D eigenvalue weighted by molar-refractivity contribution is 5.94. The van der Waals surface area contributed by atoms with Crippen molar-refractivity contribution in [1.29, 1.82) is 0 Å². The number of aromatic nitrogens is 4. The highest BCUT2D eigenvalue weighted by Gasteiger charge is 2.28. The SMILES string of the molecule is CCC(C)(C)n1nnnc1C[NH+]1CCC(NC(=O)c2cccc(F)c2)CC1. The molecule has 1 fully saturated rings. The van der Waals surface area contributed by atoms with Crippen molar-refractivity contribution in [1.82, 2.24) is 25.5 Å². The zero-order chi connectivity index (χ0) is 19.4. The van der Waals surface area contributed by atoms with Crippen LogP contribution in [0.5, 0.6) is 0 Å². The van der Waals surface area contributed by atoms with Crippen LogP contribution < -0.4 is 10.2 Å². The van der Waals surface area contributed by atoms with E-state index in [9.17, 15) is 9.18 Å². The Kier molecular flexibility index (Phi) is 5.84. The predicted molar refractivity (Wildman–Crippen MR) is 98.7 cm³/mol. The molecule has 8 heteroatoms. The fourth-order valence-electron chi connectivity index (χ4n) is 3.41. The Labute approximate surface area is 158 Å². The topological polar surface area (TPSA) is 77.1 Å². The van der Waals surface area contributed by atoms with E-state index in [-0.39, 0.29) is 17.5 Å². The largest absolute Gasteiger partial charge is 0.349 e. The molecule has 1 aromatic carbocycles. The van der Waals surface area contributed by atoms with E-state index < -0.39 is 5.82 Å². The van der Waals surface area contributed by atoms with Crippen LogP contribution in [0.25, 0.3) is 0 Å². The van der Waals surface area contributed by atoms with Gasteiger partial charge in [0, 0.05) is 24.4 Å². The van der Waals surface area contributed by atoms with E-state index in [1.807, 2.05) is 4.68 Å². The number of hydrogen-bond donors (Lipinski definition) is 2. The highest BCUT2D eigenvalue weighted by Crippen LogP contribution is 2.18. The molecule has 1 aliphatic rings. The molecule has 1 aromatic heterocycles. The van der Waals surface area contributed by atoms with Crippen molar-refractivity contribution < 1.29 is 14.1 Å². The molecule has 0 bridgehead atoms. The normalized spacial score (nSPS) is 20.4. The summed E-state index contributed by atoms with van der Waals surface area (Å²) in [7, 11) is 0. The number of rotatable bonds is 6. The Balaban J connectivity index is 1.53. The molecule has 0 spiro atoms. The maximum atomic E-state index is 13.3. The monoisotopic (exact) mass is 375 g/mol. The molecule has 0 aliphatic carbocycles. The number of nitrogens with one attached hydrogen (secondary N) is 2. The number of halogens is 1. The summed E-state index contributed by atoms with van der Waals surface area (Å²) >= 11 is 0. The Hall–Kier alpha value is -2.35. The highest BCUT2D eigenvalue weighted by atomic mass is 19.1. The Morgan fingerprint density at radius 3 is 2.78 bits per heavy atom. The number of benzene rings is 1. The number of nitrogens with zero attached hydrogens (tertiary/aromatic N) is 4. The summed E-state index contributed by atoms with van der Waals surface area (Å²) < 4.78 is 15.2. The minimum atomic E-state index is -0.394. The van der Waals surface area contributed by atoms with Gasteiger partial charge in [0.25, 0.3) is 5.91 Å². The number of tetrazole rings is 1. The molecular formula is C19H28FN6O+. The summed E-state index contributed by atoms with van der Waals surface area (Å²) in [5.74, 6) is 0.297. The van der Waals surface area contributed by atoms with E-state index in [1.54, 1.807) is 12.1 Å². The fourth-order valence-corrected chi connectivity index (χ4v) is 3.41. The average Bonchev–Trinajstić information content (AvgIpc) is 3.12. The van der Waals surface area contributed by atoms with Gasteiger partial charge >= 0.3 is 0 Å². The van der Waals surface area contributed by atoms with Gasteiger partial charge in [-0.15, -0.1) is 5.10 Å². The van der Waals surface area contributed by atoms with Crippen molar-refractivity contribution in [3.8, 4) is 0 Å². The summed E-state index contributed by atoms with van der Waals surface area (Å²) in [6, 6.07) is 5.91. The van der Waals surface area contributed by atoms with Crippen molar-refractivity contribution in [2.24, 2.45) is 0 Å². The molecule has 27 heavy (non-hydrogen) atoms. The molecule has 1 aliphatic heterocycles. The molecule has 0 saturated carbocycles. The van der Waals surface area contributed by atoms with Crippen LogP contribution in [0.2, 0.25) is 0 Å². The first-order chi connectivity index (χ1) is 12.9. The number of hydrogen-bond acceptors (Lipinski definition) is 4. The van der Waals surface area contributed by atoms with Crippen LogP contribution in [-0.4, -0.2) is 45.2 Å². The van der Waals surface area contributed by atoms with Gasteiger partial charge in [-0.1, -0.05) is 13.0 Å². The van der Waals surface area contributed by atoms with E-state index in [4.69, 9.17) is 0 Å².